The molecule has 1 aliphatic rings. The van der Waals surface area contributed by atoms with Gasteiger partial charge in [0.1, 0.15) is 5.82 Å². The maximum atomic E-state index is 13.8. The molecule has 5 nitrogen and oxygen atoms in total. The molecule has 6 heteroatoms. The molecule has 3 aromatic rings. The number of nitrogens with one attached hydrogen (secondary N) is 2. The quantitative estimate of drug-likeness (QED) is 0.586. The Hall–Kier alpha value is -3.67. The summed E-state index contributed by atoms with van der Waals surface area (Å²) < 4.78 is 13.8. The van der Waals surface area contributed by atoms with Gasteiger partial charge in [0.25, 0.3) is 5.91 Å². The molecule has 0 saturated carbocycles. The van der Waals surface area contributed by atoms with Crippen molar-refractivity contribution in [3.05, 3.63) is 101 Å². The van der Waals surface area contributed by atoms with Gasteiger partial charge in [0.05, 0.1) is 0 Å². The van der Waals surface area contributed by atoms with E-state index < -0.39 is 0 Å². The highest BCUT2D eigenvalue weighted by atomic mass is 19.1. The summed E-state index contributed by atoms with van der Waals surface area (Å²) in [5.41, 5.74) is 2.78. The molecular weight excluding hydrogens is 405 g/mol. The molecule has 1 fully saturated rings. The lowest BCUT2D eigenvalue weighted by Crippen LogP contribution is -2.41. The first kappa shape index (κ1) is 21.6. The van der Waals surface area contributed by atoms with Gasteiger partial charge in [0.2, 0.25) is 0 Å². The van der Waals surface area contributed by atoms with Gasteiger partial charge in [-0.15, -0.1) is 0 Å². The van der Waals surface area contributed by atoms with E-state index in [2.05, 4.69) is 10.6 Å². The third kappa shape index (κ3) is 5.32. The molecule has 0 spiro atoms. The van der Waals surface area contributed by atoms with E-state index in [1.54, 1.807) is 24.3 Å². The van der Waals surface area contributed by atoms with Crippen molar-refractivity contribution in [3.8, 4) is 0 Å². The van der Waals surface area contributed by atoms with E-state index in [4.69, 9.17) is 0 Å². The summed E-state index contributed by atoms with van der Waals surface area (Å²) in [6.07, 6.45) is 1.85. The first-order valence-electron chi connectivity index (χ1n) is 10.8. The Morgan fingerprint density at radius 3 is 2.56 bits per heavy atom. The zero-order valence-electron chi connectivity index (χ0n) is 17.8. The highest BCUT2D eigenvalue weighted by Crippen LogP contribution is 2.28. The molecule has 0 radical (unpaired) electrons. The zero-order chi connectivity index (χ0) is 22.3. The number of amides is 3. The number of halogens is 1. The molecule has 0 aromatic heterocycles. The Kier molecular flexibility index (Phi) is 6.80. The third-order valence-corrected chi connectivity index (χ3v) is 5.75. The first-order chi connectivity index (χ1) is 15.6. The summed E-state index contributed by atoms with van der Waals surface area (Å²) >= 11 is 0. The van der Waals surface area contributed by atoms with Crippen LogP contribution in [0.2, 0.25) is 0 Å². The van der Waals surface area contributed by atoms with Crippen LogP contribution in [0.15, 0.2) is 78.9 Å². The largest absolute Gasteiger partial charge is 0.348 e. The SMILES string of the molecule is O=C(NCc1ccccc1F)c1cccc(C2CCCN(C(=O)Nc3ccccc3)C2)c1. The molecule has 1 saturated heterocycles. The normalized spacial score (nSPS) is 15.8. The fourth-order valence-electron chi connectivity index (χ4n) is 4.01. The van der Waals surface area contributed by atoms with Crippen LogP contribution in [0, 0.1) is 5.82 Å². The number of piperidine rings is 1. The zero-order valence-corrected chi connectivity index (χ0v) is 17.8. The molecule has 4 rings (SSSR count). The molecule has 3 aromatic carbocycles. The van der Waals surface area contributed by atoms with Crippen LogP contribution in [0.25, 0.3) is 0 Å². The van der Waals surface area contributed by atoms with Gasteiger partial charge in [0, 0.05) is 42.4 Å². The molecule has 1 unspecified atom stereocenters. The third-order valence-electron chi connectivity index (χ3n) is 5.75. The van der Waals surface area contributed by atoms with Crippen LogP contribution in [-0.4, -0.2) is 29.9 Å². The van der Waals surface area contributed by atoms with Gasteiger partial charge in [0.15, 0.2) is 0 Å². The van der Waals surface area contributed by atoms with E-state index in [-0.39, 0.29) is 30.2 Å². The number of benzene rings is 3. The van der Waals surface area contributed by atoms with Crippen LogP contribution in [0.1, 0.15) is 40.2 Å². The Balaban J connectivity index is 1.39. The highest BCUT2D eigenvalue weighted by molar-refractivity contribution is 5.94. The molecule has 1 heterocycles. The van der Waals surface area contributed by atoms with Gasteiger partial charge in [-0.1, -0.05) is 48.5 Å². The number of carbonyl (C=O) groups excluding carboxylic acids is 2. The maximum Gasteiger partial charge on any atom is 0.321 e. The van der Waals surface area contributed by atoms with E-state index in [0.29, 0.717) is 24.2 Å². The van der Waals surface area contributed by atoms with Crippen LogP contribution >= 0.6 is 0 Å². The number of likely N-dealkylation sites (tertiary alicyclic amines) is 1. The van der Waals surface area contributed by atoms with Crippen molar-refractivity contribution in [2.24, 2.45) is 0 Å². The summed E-state index contributed by atoms with van der Waals surface area (Å²) in [7, 11) is 0. The topological polar surface area (TPSA) is 61.4 Å². The summed E-state index contributed by atoms with van der Waals surface area (Å²) in [6, 6.07) is 23.2. The van der Waals surface area contributed by atoms with Crippen LogP contribution in [0.5, 0.6) is 0 Å². The molecule has 2 N–H and O–H groups in total. The van der Waals surface area contributed by atoms with Crippen molar-refractivity contribution in [1.29, 1.82) is 0 Å². The predicted molar refractivity (Wildman–Crippen MR) is 123 cm³/mol. The van der Waals surface area contributed by atoms with E-state index >= 15 is 0 Å². The van der Waals surface area contributed by atoms with E-state index in [1.807, 2.05) is 53.4 Å². The minimum atomic E-state index is -0.336. The van der Waals surface area contributed by atoms with Crippen LogP contribution in [0.4, 0.5) is 14.9 Å². The number of urea groups is 1. The highest BCUT2D eigenvalue weighted by Gasteiger charge is 2.25. The van der Waals surface area contributed by atoms with Crippen LogP contribution in [0.3, 0.4) is 0 Å². The molecule has 1 atom stereocenters. The van der Waals surface area contributed by atoms with Gasteiger partial charge < -0.3 is 15.5 Å². The lowest BCUT2D eigenvalue weighted by atomic mass is 9.89. The Morgan fingerprint density at radius 1 is 0.969 bits per heavy atom. The molecule has 32 heavy (non-hydrogen) atoms. The smallest absolute Gasteiger partial charge is 0.321 e. The number of para-hydroxylation sites is 1. The first-order valence-corrected chi connectivity index (χ1v) is 10.8. The minimum absolute atomic E-state index is 0.111. The summed E-state index contributed by atoms with van der Waals surface area (Å²) in [5, 5.41) is 5.73. The van der Waals surface area contributed by atoms with E-state index in [9.17, 15) is 14.0 Å². The number of hydrogen-bond donors (Lipinski definition) is 2. The monoisotopic (exact) mass is 431 g/mol. The van der Waals surface area contributed by atoms with Crippen LogP contribution < -0.4 is 10.6 Å². The number of hydrogen-bond acceptors (Lipinski definition) is 2. The van der Waals surface area contributed by atoms with Crippen molar-refractivity contribution in [2.45, 2.75) is 25.3 Å². The minimum Gasteiger partial charge on any atom is -0.348 e. The molecule has 3 amide bonds. The van der Waals surface area contributed by atoms with Crippen molar-refractivity contribution < 1.29 is 14.0 Å². The second kappa shape index (κ2) is 10.1. The molecular formula is C26H26FN3O2. The average molecular weight is 432 g/mol. The van der Waals surface area contributed by atoms with Crippen molar-refractivity contribution >= 4 is 17.6 Å². The van der Waals surface area contributed by atoms with E-state index in [0.717, 1.165) is 24.1 Å². The lowest BCUT2D eigenvalue weighted by Gasteiger charge is -2.33. The average Bonchev–Trinajstić information content (AvgIpc) is 2.84. The van der Waals surface area contributed by atoms with Gasteiger partial charge in [-0.05, 0) is 48.7 Å². The number of carbonyl (C=O) groups is 2. The molecule has 0 bridgehead atoms. The van der Waals surface area contributed by atoms with Gasteiger partial charge >= 0.3 is 6.03 Å². The maximum absolute atomic E-state index is 13.8. The number of nitrogens with zero attached hydrogens (tertiary/aromatic N) is 1. The Morgan fingerprint density at radius 2 is 1.75 bits per heavy atom. The molecule has 1 aliphatic heterocycles. The fraction of sp³-hybridized carbons (Fsp3) is 0.231. The van der Waals surface area contributed by atoms with Gasteiger partial charge in [-0.25, -0.2) is 9.18 Å². The predicted octanol–water partition coefficient (Wildman–Crippen LogP) is 5.17. The van der Waals surface area contributed by atoms with E-state index in [1.165, 1.54) is 6.07 Å². The molecule has 164 valence electrons. The van der Waals surface area contributed by atoms with Crippen LogP contribution in [-0.2, 0) is 6.54 Å². The Bertz CT molecular complexity index is 1090. The van der Waals surface area contributed by atoms with Crippen molar-refractivity contribution in [1.82, 2.24) is 10.2 Å². The summed E-state index contributed by atoms with van der Waals surface area (Å²) in [4.78, 5) is 27.1. The van der Waals surface area contributed by atoms with Crippen molar-refractivity contribution in [2.75, 3.05) is 18.4 Å². The number of rotatable bonds is 5. The lowest BCUT2D eigenvalue weighted by molar-refractivity contribution is 0.0950. The standard InChI is InChI=1S/C26H26FN3O2/c27-24-14-5-4-8-21(24)17-28-25(31)20-10-6-9-19(16-20)22-11-7-15-30(18-22)26(32)29-23-12-2-1-3-13-23/h1-6,8-10,12-14,16,22H,7,11,15,17-18H2,(H,28,31)(H,29,32). The molecule has 0 aliphatic carbocycles. The van der Waals surface area contributed by atoms with Crippen molar-refractivity contribution in [3.63, 3.8) is 0 Å². The summed E-state index contributed by atoms with van der Waals surface area (Å²) in [5.74, 6) is -0.424. The second-order valence-electron chi connectivity index (χ2n) is 7.98. The van der Waals surface area contributed by atoms with Gasteiger partial charge in [-0.3, -0.25) is 4.79 Å². The summed E-state index contributed by atoms with van der Waals surface area (Å²) in [6.45, 7) is 1.43. The van der Waals surface area contributed by atoms with Gasteiger partial charge in [-0.2, -0.15) is 0 Å². The second-order valence-corrected chi connectivity index (χ2v) is 7.98. The Labute approximate surface area is 187 Å². The number of anilines is 1. The fourth-order valence-corrected chi connectivity index (χ4v) is 4.01.